The van der Waals surface area contributed by atoms with Crippen molar-refractivity contribution >= 4 is 28.5 Å². The van der Waals surface area contributed by atoms with Crippen molar-refractivity contribution in [2.75, 3.05) is 38.1 Å². The molecule has 0 bridgehead atoms. The van der Waals surface area contributed by atoms with Gasteiger partial charge in [0.15, 0.2) is 0 Å². The first-order valence-electron chi connectivity index (χ1n) is 13.8. The minimum atomic E-state index is -0.432. The molecular weight excluding hydrogens is 454 g/mol. The van der Waals surface area contributed by atoms with E-state index in [1.54, 1.807) is 0 Å². The molecule has 196 valence electrons. The van der Waals surface area contributed by atoms with E-state index in [9.17, 15) is 9.59 Å². The third-order valence-electron chi connectivity index (χ3n) is 8.10. The standard InChI is InChI=1S/C28H41N5O3/c1-18(2)17-33-11-9-19(10-12-33)16-29-27(34)21-14-22-25(32(3)26(30-22)20-6-4-7-20)23(15-21)31-28(35)24-8-5-13-36-24/h14-15,18-20,24H,4-13,16-17H2,1-3H3,(H,29,34)(H,31,35). The summed E-state index contributed by atoms with van der Waals surface area (Å²) in [5.74, 6) is 2.41. The smallest absolute Gasteiger partial charge is 0.253 e. The van der Waals surface area contributed by atoms with Gasteiger partial charge in [0.25, 0.3) is 11.8 Å². The van der Waals surface area contributed by atoms with Gasteiger partial charge in [-0.15, -0.1) is 0 Å². The maximum atomic E-state index is 13.2. The first-order valence-corrected chi connectivity index (χ1v) is 13.8. The summed E-state index contributed by atoms with van der Waals surface area (Å²) in [7, 11) is 2.01. The number of benzene rings is 1. The quantitative estimate of drug-likeness (QED) is 0.577. The number of likely N-dealkylation sites (tertiary alicyclic amines) is 1. The molecular formula is C28H41N5O3. The minimum absolute atomic E-state index is 0.107. The average Bonchev–Trinajstić information content (AvgIpc) is 3.46. The first-order chi connectivity index (χ1) is 17.4. The van der Waals surface area contributed by atoms with Crippen LogP contribution in [0.4, 0.5) is 5.69 Å². The first kappa shape index (κ1) is 25.2. The molecule has 3 heterocycles. The Morgan fingerprint density at radius 1 is 1.11 bits per heavy atom. The molecule has 1 saturated carbocycles. The molecule has 1 aliphatic carbocycles. The molecule has 5 rings (SSSR count). The van der Waals surface area contributed by atoms with Crippen LogP contribution in [0.5, 0.6) is 0 Å². The summed E-state index contributed by atoms with van der Waals surface area (Å²) in [5.41, 5.74) is 2.82. The molecule has 2 saturated heterocycles. The highest BCUT2D eigenvalue weighted by atomic mass is 16.5. The summed E-state index contributed by atoms with van der Waals surface area (Å²) in [6.45, 7) is 9.16. The van der Waals surface area contributed by atoms with Gasteiger partial charge < -0.3 is 24.8 Å². The van der Waals surface area contributed by atoms with Crippen LogP contribution in [-0.2, 0) is 16.6 Å². The molecule has 1 atom stereocenters. The average molecular weight is 496 g/mol. The van der Waals surface area contributed by atoms with Crippen molar-refractivity contribution in [1.29, 1.82) is 0 Å². The fourth-order valence-electron chi connectivity index (χ4n) is 5.85. The van der Waals surface area contributed by atoms with Crippen molar-refractivity contribution in [3.63, 3.8) is 0 Å². The highest BCUT2D eigenvalue weighted by Crippen LogP contribution is 2.38. The van der Waals surface area contributed by atoms with E-state index in [1.807, 2.05) is 19.2 Å². The molecule has 1 aromatic heterocycles. The number of fused-ring (bicyclic) bond motifs is 1. The van der Waals surface area contributed by atoms with E-state index >= 15 is 0 Å². The van der Waals surface area contributed by atoms with Crippen LogP contribution < -0.4 is 10.6 Å². The van der Waals surface area contributed by atoms with Crippen LogP contribution in [0.15, 0.2) is 12.1 Å². The van der Waals surface area contributed by atoms with E-state index in [1.165, 1.54) is 6.42 Å². The lowest BCUT2D eigenvalue weighted by molar-refractivity contribution is -0.124. The maximum Gasteiger partial charge on any atom is 0.253 e. The number of aromatic nitrogens is 2. The Bertz CT molecular complexity index is 1090. The SMILES string of the molecule is CC(C)CN1CCC(CNC(=O)c2cc(NC(=O)C3CCCO3)c3c(c2)nc(C2CCC2)n3C)CC1. The van der Waals surface area contributed by atoms with Crippen LogP contribution in [0.3, 0.4) is 0 Å². The molecule has 2 amide bonds. The second-order valence-electron chi connectivity index (χ2n) is 11.4. The van der Waals surface area contributed by atoms with Crippen LogP contribution >= 0.6 is 0 Å². The number of carbonyl (C=O) groups is 2. The van der Waals surface area contributed by atoms with Gasteiger partial charge in [-0.25, -0.2) is 4.98 Å². The summed E-state index contributed by atoms with van der Waals surface area (Å²) in [6, 6.07) is 3.68. The topological polar surface area (TPSA) is 88.5 Å². The molecule has 8 nitrogen and oxygen atoms in total. The number of nitrogens with zero attached hydrogens (tertiary/aromatic N) is 3. The molecule has 3 fully saturated rings. The Morgan fingerprint density at radius 2 is 1.89 bits per heavy atom. The van der Waals surface area contributed by atoms with Crippen molar-refractivity contribution in [3.05, 3.63) is 23.5 Å². The van der Waals surface area contributed by atoms with E-state index in [0.717, 1.165) is 75.0 Å². The van der Waals surface area contributed by atoms with Gasteiger partial charge in [-0.05, 0) is 75.6 Å². The Balaban J connectivity index is 1.32. The highest BCUT2D eigenvalue weighted by molar-refractivity contribution is 6.06. The molecule has 2 aliphatic heterocycles. The number of imidazole rings is 1. The molecule has 2 aromatic rings. The largest absolute Gasteiger partial charge is 0.368 e. The number of aryl methyl sites for hydroxylation is 1. The second-order valence-corrected chi connectivity index (χ2v) is 11.4. The van der Waals surface area contributed by atoms with E-state index < -0.39 is 6.10 Å². The Kier molecular flexibility index (Phi) is 7.62. The van der Waals surface area contributed by atoms with Gasteiger partial charge in [0.1, 0.15) is 11.9 Å². The predicted octanol–water partition coefficient (Wildman–Crippen LogP) is 4.06. The Morgan fingerprint density at radius 3 is 2.53 bits per heavy atom. The zero-order valence-corrected chi connectivity index (χ0v) is 22.0. The number of amides is 2. The van der Waals surface area contributed by atoms with Crippen LogP contribution in [0.2, 0.25) is 0 Å². The lowest BCUT2D eigenvalue weighted by Gasteiger charge is -2.33. The molecule has 1 aromatic carbocycles. The molecule has 8 heteroatoms. The van der Waals surface area contributed by atoms with E-state index in [2.05, 4.69) is 33.9 Å². The van der Waals surface area contributed by atoms with Crippen molar-refractivity contribution in [1.82, 2.24) is 19.8 Å². The summed E-state index contributed by atoms with van der Waals surface area (Å²) in [5, 5.41) is 6.23. The number of hydrogen-bond acceptors (Lipinski definition) is 5. The summed E-state index contributed by atoms with van der Waals surface area (Å²) in [4.78, 5) is 33.6. The maximum absolute atomic E-state index is 13.2. The highest BCUT2D eigenvalue weighted by Gasteiger charge is 2.29. The number of anilines is 1. The number of hydrogen-bond donors (Lipinski definition) is 2. The van der Waals surface area contributed by atoms with E-state index in [-0.39, 0.29) is 11.8 Å². The van der Waals surface area contributed by atoms with Crippen LogP contribution in [-0.4, -0.2) is 65.2 Å². The lowest BCUT2D eigenvalue weighted by Crippen LogP contribution is -2.40. The number of carbonyl (C=O) groups excluding carboxylic acids is 2. The molecule has 0 spiro atoms. The van der Waals surface area contributed by atoms with Crippen LogP contribution in [0.25, 0.3) is 11.0 Å². The van der Waals surface area contributed by atoms with Gasteiger partial charge in [0, 0.05) is 38.2 Å². The number of piperidine rings is 1. The zero-order chi connectivity index (χ0) is 25.2. The number of rotatable bonds is 8. The Hall–Kier alpha value is -2.45. The molecule has 2 N–H and O–H groups in total. The van der Waals surface area contributed by atoms with Crippen molar-refractivity contribution in [3.8, 4) is 0 Å². The molecule has 36 heavy (non-hydrogen) atoms. The number of ether oxygens (including phenoxy) is 1. The third kappa shape index (κ3) is 5.44. The Labute approximate surface area is 214 Å². The fourth-order valence-corrected chi connectivity index (χ4v) is 5.85. The van der Waals surface area contributed by atoms with Gasteiger partial charge in [-0.3, -0.25) is 9.59 Å². The van der Waals surface area contributed by atoms with Gasteiger partial charge in [0.2, 0.25) is 0 Å². The van der Waals surface area contributed by atoms with Crippen molar-refractivity contribution < 1.29 is 14.3 Å². The van der Waals surface area contributed by atoms with Crippen molar-refractivity contribution in [2.24, 2.45) is 18.9 Å². The normalized spacial score (nSPS) is 21.7. The predicted molar refractivity (Wildman–Crippen MR) is 141 cm³/mol. The molecule has 1 unspecified atom stereocenters. The van der Waals surface area contributed by atoms with E-state index in [0.29, 0.717) is 42.2 Å². The van der Waals surface area contributed by atoms with Gasteiger partial charge in [-0.2, -0.15) is 0 Å². The summed E-state index contributed by atoms with van der Waals surface area (Å²) in [6.07, 6.45) is 6.91. The third-order valence-corrected chi connectivity index (χ3v) is 8.10. The summed E-state index contributed by atoms with van der Waals surface area (Å²) >= 11 is 0. The van der Waals surface area contributed by atoms with E-state index in [4.69, 9.17) is 9.72 Å². The van der Waals surface area contributed by atoms with Gasteiger partial charge >= 0.3 is 0 Å². The monoisotopic (exact) mass is 495 g/mol. The van der Waals surface area contributed by atoms with Crippen LogP contribution in [0.1, 0.15) is 80.9 Å². The lowest BCUT2D eigenvalue weighted by atomic mass is 9.85. The molecule has 3 aliphatic rings. The number of nitrogens with one attached hydrogen (secondary N) is 2. The van der Waals surface area contributed by atoms with Crippen molar-refractivity contribution in [2.45, 2.75) is 70.8 Å². The minimum Gasteiger partial charge on any atom is -0.368 e. The second kappa shape index (κ2) is 10.9. The molecule has 0 radical (unpaired) electrons. The van der Waals surface area contributed by atoms with Crippen LogP contribution in [0, 0.1) is 11.8 Å². The fraction of sp³-hybridized carbons (Fsp3) is 0.679. The van der Waals surface area contributed by atoms with Gasteiger partial charge in [-0.1, -0.05) is 20.3 Å². The van der Waals surface area contributed by atoms with Gasteiger partial charge in [0.05, 0.1) is 16.7 Å². The zero-order valence-electron chi connectivity index (χ0n) is 22.0. The summed E-state index contributed by atoms with van der Waals surface area (Å²) < 4.78 is 7.69.